The Morgan fingerprint density at radius 3 is 2.95 bits per heavy atom. The Kier molecular flexibility index (Phi) is 4.40. The van der Waals surface area contributed by atoms with Gasteiger partial charge in [-0.15, -0.1) is 0 Å². The predicted octanol–water partition coefficient (Wildman–Crippen LogP) is 2.92. The van der Waals surface area contributed by atoms with Gasteiger partial charge in [-0.2, -0.15) is 0 Å². The number of hydrogen-bond donors (Lipinski definition) is 1. The Balaban J connectivity index is 2.20. The number of likely N-dealkylation sites (tertiary alicyclic amines) is 1. The molecule has 0 aromatic carbocycles. The van der Waals surface area contributed by atoms with Crippen LogP contribution in [0, 0.1) is 0 Å². The summed E-state index contributed by atoms with van der Waals surface area (Å²) in [5, 5.41) is 3.22. The number of rotatable bonds is 4. The molecule has 1 saturated heterocycles. The van der Waals surface area contributed by atoms with Crippen molar-refractivity contribution >= 4 is 11.6 Å². The van der Waals surface area contributed by atoms with Gasteiger partial charge in [0, 0.05) is 30.5 Å². The Hall–Kier alpha value is -1.58. The monoisotopic (exact) mass is 261 g/mol. The third kappa shape index (κ3) is 2.88. The summed E-state index contributed by atoms with van der Waals surface area (Å²) < 4.78 is 0. The van der Waals surface area contributed by atoms with E-state index in [1.54, 1.807) is 6.20 Å². The molecule has 0 aliphatic carbocycles. The molecule has 0 radical (unpaired) electrons. The third-order valence-electron chi connectivity index (χ3n) is 3.85. The average molecular weight is 261 g/mol. The van der Waals surface area contributed by atoms with E-state index < -0.39 is 0 Å². The number of nitrogens with one attached hydrogen (secondary N) is 1. The minimum Gasteiger partial charge on any atom is -0.385 e. The molecular weight excluding hydrogens is 238 g/mol. The van der Waals surface area contributed by atoms with Crippen LogP contribution in [-0.2, 0) is 0 Å². The highest BCUT2D eigenvalue weighted by Crippen LogP contribution is 2.27. The molecule has 1 amide bonds. The van der Waals surface area contributed by atoms with Crippen molar-refractivity contribution < 1.29 is 4.79 Å². The van der Waals surface area contributed by atoms with Crippen molar-refractivity contribution in [3.8, 4) is 0 Å². The summed E-state index contributed by atoms with van der Waals surface area (Å²) in [6.07, 6.45) is 4.92. The molecule has 2 atom stereocenters. The Morgan fingerprint density at radius 2 is 2.26 bits per heavy atom. The zero-order valence-corrected chi connectivity index (χ0v) is 12.0. The van der Waals surface area contributed by atoms with Crippen LogP contribution in [0.5, 0.6) is 0 Å². The fourth-order valence-corrected chi connectivity index (χ4v) is 2.83. The van der Waals surface area contributed by atoms with Gasteiger partial charge in [0.2, 0.25) is 0 Å². The molecule has 1 aromatic rings. The van der Waals surface area contributed by atoms with Crippen LogP contribution in [-0.4, -0.2) is 34.4 Å². The maximum absolute atomic E-state index is 12.6. The lowest BCUT2D eigenvalue weighted by Gasteiger charge is -2.27. The van der Waals surface area contributed by atoms with Crippen molar-refractivity contribution in [3.05, 3.63) is 24.0 Å². The van der Waals surface area contributed by atoms with Crippen molar-refractivity contribution in [2.45, 2.75) is 52.1 Å². The molecule has 0 spiro atoms. The number of carbonyl (C=O) groups excluding carboxylic acids is 1. The van der Waals surface area contributed by atoms with Crippen molar-refractivity contribution in [1.82, 2.24) is 9.88 Å². The van der Waals surface area contributed by atoms with Crippen LogP contribution >= 0.6 is 0 Å². The van der Waals surface area contributed by atoms with Crippen LogP contribution in [0.3, 0.4) is 0 Å². The minimum absolute atomic E-state index is 0.0663. The van der Waals surface area contributed by atoms with Crippen LogP contribution < -0.4 is 5.32 Å². The molecule has 0 bridgehead atoms. The Bertz CT molecular complexity index is 447. The zero-order chi connectivity index (χ0) is 13.8. The lowest BCUT2D eigenvalue weighted by atomic mass is 10.1. The fraction of sp³-hybridized carbons (Fsp3) is 0.600. The van der Waals surface area contributed by atoms with Crippen LogP contribution in [0.25, 0.3) is 0 Å². The van der Waals surface area contributed by atoms with E-state index in [4.69, 9.17) is 0 Å². The molecule has 0 saturated carbocycles. The molecule has 104 valence electrons. The second kappa shape index (κ2) is 6.04. The molecule has 1 fully saturated rings. The van der Waals surface area contributed by atoms with Gasteiger partial charge in [-0.25, -0.2) is 0 Å². The lowest BCUT2D eigenvalue weighted by Crippen LogP contribution is -2.40. The van der Waals surface area contributed by atoms with E-state index in [2.05, 4.69) is 24.1 Å². The average Bonchev–Trinajstić information content (AvgIpc) is 2.80. The molecule has 19 heavy (non-hydrogen) atoms. The van der Waals surface area contributed by atoms with Crippen molar-refractivity contribution in [1.29, 1.82) is 0 Å². The smallest absolute Gasteiger partial charge is 0.273 e. The predicted molar refractivity (Wildman–Crippen MR) is 77.3 cm³/mol. The minimum atomic E-state index is 0.0663. The first-order valence-electron chi connectivity index (χ1n) is 7.20. The van der Waals surface area contributed by atoms with Gasteiger partial charge < -0.3 is 10.2 Å². The van der Waals surface area contributed by atoms with Gasteiger partial charge in [0.15, 0.2) is 0 Å². The van der Waals surface area contributed by atoms with Gasteiger partial charge in [-0.3, -0.25) is 9.78 Å². The number of pyridine rings is 1. The molecular formula is C15H23N3O. The van der Waals surface area contributed by atoms with Gasteiger partial charge in [-0.1, -0.05) is 6.92 Å². The molecule has 4 heteroatoms. The molecule has 1 aliphatic rings. The summed E-state index contributed by atoms with van der Waals surface area (Å²) in [4.78, 5) is 18.9. The summed E-state index contributed by atoms with van der Waals surface area (Å²) in [6, 6.07) is 4.43. The van der Waals surface area contributed by atoms with Gasteiger partial charge in [0.25, 0.3) is 5.91 Å². The normalized spacial score (nSPS) is 22.6. The standard InChI is InChI=1S/C15H23N3O/c1-4-13-7-6-11(3)18(13)15(19)14-10-12(16-5-2)8-9-17-14/h8-11,13H,4-7H2,1-3H3,(H,16,17). The van der Waals surface area contributed by atoms with E-state index >= 15 is 0 Å². The van der Waals surface area contributed by atoms with Crippen LogP contribution in [0.15, 0.2) is 18.3 Å². The van der Waals surface area contributed by atoms with E-state index in [1.807, 2.05) is 24.0 Å². The highest BCUT2D eigenvalue weighted by Gasteiger charge is 2.34. The lowest BCUT2D eigenvalue weighted by molar-refractivity contribution is 0.0670. The van der Waals surface area contributed by atoms with Crippen molar-refractivity contribution in [2.75, 3.05) is 11.9 Å². The molecule has 2 heterocycles. The largest absolute Gasteiger partial charge is 0.385 e. The molecule has 2 unspecified atom stereocenters. The summed E-state index contributed by atoms with van der Waals surface area (Å²) in [5.74, 6) is 0.0663. The van der Waals surface area contributed by atoms with Gasteiger partial charge in [-0.05, 0) is 45.2 Å². The first-order chi connectivity index (χ1) is 9.17. The van der Waals surface area contributed by atoms with Gasteiger partial charge in [0.1, 0.15) is 5.69 Å². The van der Waals surface area contributed by atoms with E-state index in [-0.39, 0.29) is 5.91 Å². The maximum atomic E-state index is 12.6. The third-order valence-corrected chi connectivity index (χ3v) is 3.85. The first kappa shape index (κ1) is 13.8. The summed E-state index contributed by atoms with van der Waals surface area (Å²) in [6.45, 7) is 7.15. The van der Waals surface area contributed by atoms with E-state index in [1.165, 1.54) is 0 Å². The van der Waals surface area contributed by atoms with E-state index in [0.29, 0.717) is 17.8 Å². The number of aromatic nitrogens is 1. The number of hydrogen-bond acceptors (Lipinski definition) is 3. The first-order valence-corrected chi connectivity index (χ1v) is 7.20. The Labute approximate surface area is 115 Å². The number of carbonyl (C=O) groups is 1. The molecule has 2 rings (SSSR count). The highest BCUT2D eigenvalue weighted by atomic mass is 16.2. The van der Waals surface area contributed by atoms with Crippen molar-refractivity contribution in [3.63, 3.8) is 0 Å². The summed E-state index contributed by atoms with van der Waals surface area (Å²) >= 11 is 0. The second-order valence-electron chi connectivity index (χ2n) is 5.16. The second-order valence-corrected chi connectivity index (χ2v) is 5.16. The van der Waals surface area contributed by atoms with Crippen molar-refractivity contribution in [2.24, 2.45) is 0 Å². The molecule has 1 aliphatic heterocycles. The van der Waals surface area contributed by atoms with Gasteiger partial charge in [0.05, 0.1) is 0 Å². The van der Waals surface area contributed by atoms with E-state index in [0.717, 1.165) is 31.5 Å². The topological polar surface area (TPSA) is 45.2 Å². The molecule has 1 aromatic heterocycles. The quantitative estimate of drug-likeness (QED) is 0.906. The fourth-order valence-electron chi connectivity index (χ4n) is 2.83. The number of nitrogens with zero attached hydrogens (tertiary/aromatic N) is 2. The SMILES string of the molecule is CCNc1ccnc(C(=O)N2C(C)CCC2CC)c1. The highest BCUT2D eigenvalue weighted by molar-refractivity contribution is 5.93. The molecule has 4 nitrogen and oxygen atoms in total. The number of amides is 1. The Morgan fingerprint density at radius 1 is 1.47 bits per heavy atom. The van der Waals surface area contributed by atoms with Gasteiger partial charge >= 0.3 is 0 Å². The maximum Gasteiger partial charge on any atom is 0.273 e. The summed E-state index contributed by atoms with van der Waals surface area (Å²) in [5.41, 5.74) is 1.51. The van der Waals surface area contributed by atoms with Crippen LogP contribution in [0.4, 0.5) is 5.69 Å². The van der Waals surface area contributed by atoms with E-state index in [9.17, 15) is 4.79 Å². The summed E-state index contributed by atoms with van der Waals surface area (Å²) in [7, 11) is 0. The van der Waals surface area contributed by atoms with Crippen LogP contribution in [0.1, 0.15) is 50.5 Å². The molecule has 1 N–H and O–H groups in total. The number of anilines is 1. The van der Waals surface area contributed by atoms with Crippen LogP contribution in [0.2, 0.25) is 0 Å². The zero-order valence-electron chi connectivity index (χ0n) is 12.0.